The largest absolute Gasteiger partial charge is 0.453 e. The molecule has 2 aromatic carbocycles. The highest BCUT2D eigenvalue weighted by Crippen LogP contribution is 2.34. The fraction of sp³-hybridized carbons (Fsp3) is 0.190. The van der Waals surface area contributed by atoms with E-state index in [-0.39, 0.29) is 24.0 Å². The summed E-state index contributed by atoms with van der Waals surface area (Å²) in [6, 6.07) is 14.9. The van der Waals surface area contributed by atoms with E-state index in [2.05, 4.69) is 4.98 Å². The summed E-state index contributed by atoms with van der Waals surface area (Å²) in [5.74, 6) is -0.785. The molecule has 0 saturated heterocycles. The molecule has 0 fully saturated rings. The number of Topliss-reactive ketones (excluding diaryl/α,β-unsaturated/α-hetero) is 1. The van der Waals surface area contributed by atoms with Gasteiger partial charge in [0.1, 0.15) is 6.54 Å². The number of ketones is 1. The minimum absolute atomic E-state index is 0.156. The number of thioether (sulfide) groups is 1. The second-order valence-corrected chi connectivity index (χ2v) is 7.50. The van der Waals surface area contributed by atoms with Crippen LogP contribution >= 0.6 is 11.8 Å². The highest BCUT2D eigenvalue weighted by Gasteiger charge is 2.28. The number of hydrogen-bond acceptors (Lipinski definition) is 5. The van der Waals surface area contributed by atoms with Crippen molar-refractivity contribution in [3.63, 3.8) is 0 Å². The number of esters is 1. The van der Waals surface area contributed by atoms with E-state index in [4.69, 9.17) is 4.74 Å². The zero-order valence-electron chi connectivity index (χ0n) is 15.2. The van der Waals surface area contributed by atoms with Gasteiger partial charge in [0.2, 0.25) is 11.7 Å². The number of benzene rings is 2. The van der Waals surface area contributed by atoms with Crippen molar-refractivity contribution in [3.8, 4) is 0 Å². The lowest BCUT2D eigenvalue weighted by atomic mass is 10.1. The van der Waals surface area contributed by atoms with Crippen molar-refractivity contribution >= 4 is 46.0 Å². The number of nitrogens with one attached hydrogen (secondary N) is 1. The number of H-pyrrole nitrogens is 1. The second-order valence-electron chi connectivity index (χ2n) is 6.48. The number of hydrogen-bond donors (Lipinski definition) is 1. The van der Waals surface area contributed by atoms with E-state index in [1.165, 1.54) is 16.7 Å². The molecule has 142 valence electrons. The zero-order chi connectivity index (χ0) is 19.7. The number of amides is 1. The van der Waals surface area contributed by atoms with Crippen LogP contribution in [0.15, 0.2) is 59.6 Å². The van der Waals surface area contributed by atoms with Crippen LogP contribution in [0.2, 0.25) is 0 Å². The van der Waals surface area contributed by atoms with Crippen LogP contribution < -0.4 is 4.90 Å². The molecule has 6 nitrogen and oxygen atoms in total. The maximum atomic E-state index is 12.7. The summed E-state index contributed by atoms with van der Waals surface area (Å²) in [6.45, 7) is 1.33. The summed E-state index contributed by atoms with van der Waals surface area (Å²) < 4.78 is 5.35. The van der Waals surface area contributed by atoms with Gasteiger partial charge in [0.25, 0.3) is 0 Å². The Morgan fingerprint density at radius 3 is 2.79 bits per heavy atom. The molecule has 0 saturated carbocycles. The molecule has 1 N–H and O–H groups in total. The maximum absolute atomic E-state index is 12.7. The van der Waals surface area contributed by atoms with Gasteiger partial charge in [0.05, 0.1) is 11.4 Å². The molecule has 1 aromatic heterocycles. The molecule has 4 rings (SSSR count). The van der Waals surface area contributed by atoms with Crippen molar-refractivity contribution in [2.24, 2.45) is 0 Å². The number of carbonyl (C=O) groups excluding carboxylic acids is 3. The first kappa shape index (κ1) is 18.3. The zero-order valence-corrected chi connectivity index (χ0v) is 16.0. The monoisotopic (exact) mass is 394 g/mol. The standard InChI is InChI=1S/C21H18N2O4S/c1-13(21(26)15-10-22-16-7-3-2-6-14(15)16)27-20(25)11-23-17-8-4-5-9-18(17)28-12-19(23)24/h2-10,13,22H,11-12H2,1H3/t13-/m1/s1. The Morgan fingerprint density at radius 2 is 1.93 bits per heavy atom. The third-order valence-corrected chi connectivity index (χ3v) is 5.68. The van der Waals surface area contributed by atoms with Crippen molar-refractivity contribution < 1.29 is 19.1 Å². The van der Waals surface area contributed by atoms with Gasteiger partial charge in [-0.25, -0.2) is 0 Å². The number of carbonyl (C=O) groups is 3. The minimum atomic E-state index is -0.948. The number of aromatic nitrogens is 1. The summed E-state index contributed by atoms with van der Waals surface area (Å²) in [5.41, 5.74) is 2.01. The van der Waals surface area contributed by atoms with Gasteiger partial charge >= 0.3 is 5.97 Å². The average molecular weight is 394 g/mol. The van der Waals surface area contributed by atoms with Gasteiger partial charge in [-0.3, -0.25) is 19.3 Å². The van der Waals surface area contributed by atoms with Crippen LogP contribution in [0.5, 0.6) is 0 Å². The maximum Gasteiger partial charge on any atom is 0.326 e. The molecule has 0 radical (unpaired) electrons. The number of rotatable bonds is 5. The fourth-order valence-corrected chi connectivity index (χ4v) is 4.17. The summed E-state index contributed by atoms with van der Waals surface area (Å²) in [6.07, 6.45) is 0.676. The van der Waals surface area contributed by atoms with Crippen molar-refractivity contribution in [2.45, 2.75) is 17.9 Å². The van der Waals surface area contributed by atoms with Crippen LogP contribution in [0, 0.1) is 0 Å². The van der Waals surface area contributed by atoms with Gasteiger partial charge in [-0.15, -0.1) is 11.8 Å². The summed E-state index contributed by atoms with van der Waals surface area (Å²) in [5, 5.41) is 0.785. The topological polar surface area (TPSA) is 79.5 Å². The van der Waals surface area contributed by atoms with Crippen LogP contribution in [0.25, 0.3) is 10.9 Å². The number of para-hydroxylation sites is 2. The molecule has 2 heterocycles. The third-order valence-electron chi connectivity index (χ3n) is 4.63. The van der Waals surface area contributed by atoms with E-state index in [0.717, 1.165) is 15.8 Å². The van der Waals surface area contributed by atoms with Crippen molar-refractivity contribution in [1.82, 2.24) is 4.98 Å². The Hall–Kier alpha value is -3.06. The first-order valence-electron chi connectivity index (χ1n) is 8.86. The molecule has 7 heteroatoms. The molecule has 1 aliphatic rings. The molecule has 0 spiro atoms. The normalized spacial score (nSPS) is 14.6. The smallest absolute Gasteiger partial charge is 0.326 e. The number of anilines is 1. The second kappa shape index (κ2) is 7.52. The Labute approximate surface area is 165 Å². The number of fused-ring (bicyclic) bond motifs is 2. The molecule has 28 heavy (non-hydrogen) atoms. The van der Waals surface area contributed by atoms with Crippen molar-refractivity contribution in [2.75, 3.05) is 17.2 Å². The van der Waals surface area contributed by atoms with Gasteiger partial charge in [-0.05, 0) is 25.1 Å². The molecule has 1 amide bonds. The number of nitrogens with zero attached hydrogens (tertiary/aromatic N) is 1. The molecule has 0 aliphatic carbocycles. The summed E-state index contributed by atoms with van der Waals surface area (Å²) >= 11 is 1.44. The molecule has 1 aliphatic heterocycles. The van der Waals surface area contributed by atoms with Gasteiger partial charge in [0.15, 0.2) is 6.10 Å². The van der Waals surface area contributed by atoms with Gasteiger partial charge < -0.3 is 9.72 Å². The average Bonchev–Trinajstić information content (AvgIpc) is 3.13. The summed E-state index contributed by atoms with van der Waals surface area (Å²) in [4.78, 5) is 42.8. The number of ether oxygens (including phenoxy) is 1. The fourth-order valence-electron chi connectivity index (χ4n) is 3.24. The molecule has 1 atom stereocenters. The molecule has 0 bridgehead atoms. The predicted octanol–water partition coefficient (Wildman–Crippen LogP) is 3.42. The first-order valence-corrected chi connectivity index (χ1v) is 9.85. The first-order chi connectivity index (χ1) is 13.5. The Bertz CT molecular complexity index is 1070. The van der Waals surface area contributed by atoms with E-state index >= 15 is 0 Å². The van der Waals surface area contributed by atoms with E-state index < -0.39 is 12.1 Å². The Balaban J connectivity index is 1.46. The van der Waals surface area contributed by atoms with Crippen molar-refractivity contribution in [3.05, 3.63) is 60.3 Å². The lowest BCUT2D eigenvalue weighted by molar-refractivity contribution is -0.145. The molecule has 0 unspecified atom stereocenters. The lowest BCUT2D eigenvalue weighted by Gasteiger charge is -2.28. The van der Waals surface area contributed by atoms with E-state index in [1.54, 1.807) is 19.2 Å². The van der Waals surface area contributed by atoms with E-state index in [0.29, 0.717) is 11.3 Å². The van der Waals surface area contributed by atoms with Gasteiger partial charge in [0, 0.05) is 27.6 Å². The molecular formula is C21H18N2O4S. The minimum Gasteiger partial charge on any atom is -0.453 e. The van der Waals surface area contributed by atoms with E-state index in [9.17, 15) is 14.4 Å². The van der Waals surface area contributed by atoms with Gasteiger partial charge in [-0.2, -0.15) is 0 Å². The van der Waals surface area contributed by atoms with Crippen molar-refractivity contribution in [1.29, 1.82) is 0 Å². The van der Waals surface area contributed by atoms with Crippen LogP contribution in [-0.2, 0) is 14.3 Å². The highest BCUT2D eigenvalue weighted by molar-refractivity contribution is 8.00. The van der Waals surface area contributed by atoms with Crippen LogP contribution in [-0.4, -0.2) is 41.0 Å². The van der Waals surface area contributed by atoms with Crippen LogP contribution in [0.3, 0.4) is 0 Å². The third kappa shape index (κ3) is 3.41. The molecule has 3 aromatic rings. The number of aromatic amines is 1. The Kier molecular flexibility index (Phi) is 4.92. The van der Waals surface area contributed by atoms with Crippen LogP contribution in [0.4, 0.5) is 5.69 Å². The highest BCUT2D eigenvalue weighted by atomic mass is 32.2. The summed E-state index contributed by atoms with van der Waals surface area (Å²) in [7, 11) is 0. The quantitative estimate of drug-likeness (QED) is 0.530. The SMILES string of the molecule is C[C@@H](OC(=O)CN1C(=O)CSc2ccccc21)C(=O)c1c[nH]c2ccccc12. The molecular weight excluding hydrogens is 376 g/mol. The van der Waals surface area contributed by atoms with Crippen LogP contribution in [0.1, 0.15) is 17.3 Å². The predicted molar refractivity (Wildman–Crippen MR) is 108 cm³/mol. The van der Waals surface area contributed by atoms with Gasteiger partial charge in [-0.1, -0.05) is 30.3 Å². The lowest BCUT2D eigenvalue weighted by Crippen LogP contribution is -2.41. The van der Waals surface area contributed by atoms with E-state index in [1.807, 2.05) is 42.5 Å². The Morgan fingerprint density at radius 1 is 1.18 bits per heavy atom.